The summed E-state index contributed by atoms with van der Waals surface area (Å²) < 4.78 is 5.64. The number of nitrogens with zero attached hydrogens (tertiary/aromatic N) is 2. The van der Waals surface area contributed by atoms with Crippen LogP contribution in [0.25, 0.3) is 0 Å². The molecule has 5 nitrogen and oxygen atoms in total. The van der Waals surface area contributed by atoms with Crippen molar-refractivity contribution in [2.75, 3.05) is 33.9 Å². The third-order valence-corrected chi connectivity index (χ3v) is 4.47. The molecule has 0 saturated heterocycles. The van der Waals surface area contributed by atoms with Gasteiger partial charge in [0.05, 0.1) is 6.61 Å². The molecular formula is C21H39IN4O. The fourth-order valence-electron chi connectivity index (χ4n) is 2.40. The second kappa shape index (κ2) is 15.1. The first-order valence-electron chi connectivity index (χ1n) is 9.73. The quantitative estimate of drug-likeness (QED) is 0.214. The van der Waals surface area contributed by atoms with Gasteiger partial charge in [-0.3, -0.25) is 9.89 Å². The molecule has 1 aromatic rings. The number of ether oxygens (including phenoxy) is 1. The second-order valence-corrected chi connectivity index (χ2v) is 7.43. The van der Waals surface area contributed by atoms with Crippen LogP contribution in [0.1, 0.15) is 45.2 Å². The Morgan fingerprint density at radius 3 is 2.33 bits per heavy atom. The average molecular weight is 490 g/mol. The minimum atomic E-state index is 0. The van der Waals surface area contributed by atoms with Crippen molar-refractivity contribution in [3.63, 3.8) is 0 Å². The topological polar surface area (TPSA) is 48.9 Å². The summed E-state index contributed by atoms with van der Waals surface area (Å²) in [6, 6.07) is 9.11. The maximum Gasteiger partial charge on any atom is 0.191 e. The zero-order valence-corrected chi connectivity index (χ0v) is 20.2. The standard InChI is InChI=1S/C21H38N4O.HI/c1-17(2)11-13-26-14-12-23-21(22-5)24-15-19-9-7-8-10-20(19)16-25(6)18(3)4;/h7-10,17-18H,11-16H2,1-6H3,(H2,22,23,24);1H. The van der Waals surface area contributed by atoms with E-state index in [9.17, 15) is 0 Å². The van der Waals surface area contributed by atoms with Gasteiger partial charge in [0.1, 0.15) is 0 Å². The van der Waals surface area contributed by atoms with E-state index in [-0.39, 0.29) is 24.0 Å². The van der Waals surface area contributed by atoms with E-state index in [0.29, 0.717) is 18.6 Å². The maximum absolute atomic E-state index is 5.64. The number of aliphatic imine (C=N–C) groups is 1. The summed E-state index contributed by atoms with van der Waals surface area (Å²) in [6.45, 7) is 12.8. The van der Waals surface area contributed by atoms with Gasteiger partial charge in [-0.25, -0.2) is 0 Å². The van der Waals surface area contributed by atoms with E-state index in [0.717, 1.165) is 38.6 Å². The number of halogens is 1. The lowest BCUT2D eigenvalue weighted by molar-refractivity contribution is 0.128. The van der Waals surface area contributed by atoms with Gasteiger partial charge in [0.15, 0.2) is 5.96 Å². The molecule has 0 heterocycles. The Labute approximate surface area is 183 Å². The van der Waals surface area contributed by atoms with Crippen LogP contribution >= 0.6 is 24.0 Å². The van der Waals surface area contributed by atoms with Crippen molar-refractivity contribution in [1.29, 1.82) is 0 Å². The summed E-state index contributed by atoms with van der Waals surface area (Å²) in [5.41, 5.74) is 2.65. The summed E-state index contributed by atoms with van der Waals surface area (Å²) in [5.74, 6) is 1.50. The zero-order valence-electron chi connectivity index (χ0n) is 17.9. The number of hydrogen-bond acceptors (Lipinski definition) is 3. The molecule has 0 aromatic heterocycles. The molecule has 0 aliphatic heterocycles. The molecule has 0 radical (unpaired) electrons. The summed E-state index contributed by atoms with van der Waals surface area (Å²) in [6.07, 6.45) is 1.11. The molecule has 6 heteroatoms. The molecule has 0 unspecified atom stereocenters. The van der Waals surface area contributed by atoms with E-state index >= 15 is 0 Å². The number of guanidine groups is 1. The Morgan fingerprint density at radius 2 is 1.74 bits per heavy atom. The zero-order chi connectivity index (χ0) is 19.4. The Kier molecular flexibility index (Phi) is 14.6. The van der Waals surface area contributed by atoms with Crippen LogP contribution in [0.4, 0.5) is 0 Å². The van der Waals surface area contributed by atoms with Crippen molar-refractivity contribution in [2.45, 2.75) is 53.2 Å². The molecule has 1 aromatic carbocycles. The molecule has 0 bridgehead atoms. The first-order valence-corrected chi connectivity index (χ1v) is 9.73. The lowest BCUT2D eigenvalue weighted by Crippen LogP contribution is -2.38. The fraction of sp³-hybridized carbons (Fsp3) is 0.667. The normalized spacial score (nSPS) is 11.8. The van der Waals surface area contributed by atoms with Crippen LogP contribution in [-0.4, -0.2) is 50.8 Å². The number of rotatable bonds is 11. The van der Waals surface area contributed by atoms with E-state index in [2.05, 4.69) is 79.5 Å². The SMILES string of the molecule is CN=C(NCCOCCC(C)C)NCc1ccccc1CN(C)C(C)C.I. The van der Waals surface area contributed by atoms with E-state index in [1.165, 1.54) is 11.1 Å². The van der Waals surface area contributed by atoms with Gasteiger partial charge in [-0.15, -0.1) is 24.0 Å². The smallest absolute Gasteiger partial charge is 0.191 e. The molecule has 0 saturated carbocycles. The highest BCUT2D eigenvalue weighted by Gasteiger charge is 2.08. The van der Waals surface area contributed by atoms with Crippen LogP contribution in [0.3, 0.4) is 0 Å². The molecule has 2 N–H and O–H groups in total. The minimum absolute atomic E-state index is 0. The lowest BCUT2D eigenvalue weighted by atomic mass is 10.1. The largest absolute Gasteiger partial charge is 0.380 e. The molecule has 0 fully saturated rings. The average Bonchev–Trinajstić information content (AvgIpc) is 2.61. The first-order chi connectivity index (χ1) is 12.4. The second-order valence-electron chi connectivity index (χ2n) is 7.43. The highest BCUT2D eigenvalue weighted by atomic mass is 127. The summed E-state index contributed by atoms with van der Waals surface area (Å²) in [4.78, 5) is 6.64. The monoisotopic (exact) mass is 490 g/mol. The van der Waals surface area contributed by atoms with E-state index in [1.54, 1.807) is 7.05 Å². The fourth-order valence-corrected chi connectivity index (χ4v) is 2.40. The number of hydrogen-bond donors (Lipinski definition) is 2. The molecule has 27 heavy (non-hydrogen) atoms. The van der Waals surface area contributed by atoms with E-state index in [1.807, 2.05) is 0 Å². The van der Waals surface area contributed by atoms with Crippen molar-refractivity contribution in [3.8, 4) is 0 Å². The van der Waals surface area contributed by atoms with E-state index in [4.69, 9.17) is 4.74 Å². The number of nitrogens with one attached hydrogen (secondary N) is 2. The molecule has 0 atom stereocenters. The van der Waals surface area contributed by atoms with Gasteiger partial charge in [0, 0.05) is 39.3 Å². The Hall–Kier alpha value is -0.860. The van der Waals surface area contributed by atoms with Crippen LogP contribution in [0.5, 0.6) is 0 Å². The van der Waals surface area contributed by atoms with E-state index < -0.39 is 0 Å². The van der Waals surface area contributed by atoms with Gasteiger partial charge in [0.25, 0.3) is 0 Å². The highest BCUT2D eigenvalue weighted by Crippen LogP contribution is 2.12. The minimum Gasteiger partial charge on any atom is -0.380 e. The van der Waals surface area contributed by atoms with Crippen molar-refractivity contribution in [3.05, 3.63) is 35.4 Å². The molecular weight excluding hydrogens is 451 g/mol. The third-order valence-electron chi connectivity index (χ3n) is 4.47. The van der Waals surface area contributed by atoms with Gasteiger partial charge < -0.3 is 15.4 Å². The summed E-state index contributed by atoms with van der Waals surface area (Å²) in [7, 11) is 3.96. The lowest BCUT2D eigenvalue weighted by Gasteiger charge is -2.23. The van der Waals surface area contributed by atoms with Crippen LogP contribution in [0, 0.1) is 5.92 Å². The van der Waals surface area contributed by atoms with Gasteiger partial charge in [-0.1, -0.05) is 38.1 Å². The van der Waals surface area contributed by atoms with Crippen molar-refractivity contribution in [1.82, 2.24) is 15.5 Å². The van der Waals surface area contributed by atoms with Crippen LogP contribution in [0.15, 0.2) is 29.3 Å². The van der Waals surface area contributed by atoms with Crippen molar-refractivity contribution >= 4 is 29.9 Å². The Balaban J connectivity index is 0.00000676. The van der Waals surface area contributed by atoms with Gasteiger partial charge in [-0.05, 0) is 44.4 Å². The first kappa shape index (κ1) is 26.1. The molecule has 0 aliphatic rings. The molecule has 0 aliphatic carbocycles. The van der Waals surface area contributed by atoms with Crippen LogP contribution in [-0.2, 0) is 17.8 Å². The predicted molar refractivity (Wildman–Crippen MR) is 127 cm³/mol. The Morgan fingerprint density at radius 1 is 1.07 bits per heavy atom. The third kappa shape index (κ3) is 11.5. The van der Waals surface area contributed by atoms with Crippen LogP contribution in [0.2, 0.25) is 0 Å². The van der Waals surface area contributed by atoms with Crippen molar-refractivity contribution < 1.29 is 4.74 Å². The summed E-state index contributed by atoms with van der Waals surface area (Å²) >= 11 is 0. The van der Waals surface area contributed by atoms with Gasteiger partial charge in [0.2, 0.25) is 0 Å². The number of benzene rings is 1. The predicted octanol–water partition coefficient (Wildman–Crippen LogP) is 3.87. The molecule has 0 amide bonds. The molecule has 0 spiro atoms. The highest BCUT2D eigenvalue weighted by molar-refractivity contribution is 14.0. The summed E-state index contributed by atoms with van der Waals surface area (Å²) in [5, 5.41) is 6.71. The van der Waals surface area contributed by atoms with Gasteiger partial charge in [-0.2, -0.15) is 0 Å². The van der Waals surface area contributed by atoms with Gasteiger partial charge >= 0.3 is 0 Å². The molecule has 1 rings (SSSR count). The van der Waals surface area contributed by atoms with Crippen molar-refractivity contribution in [2.24, 2.45) is 10.9 Å². The Bertz CT molecular complexity index is 535. The molecule has 156 valence electrons. The van der Waals surface area contributed by atoms with Crippen LogP contribution < -0.4 is 10.6 Å². The maximum atomic E-state index is 5.64.